The lowest BCUT2D eigenvalue weighted by atomic mass is 9.97. The van der Waals surface area contributed by atoms with Crippen molar-refractivity contribution in [1.82, 2.24) is 4.90 Å². The Kier molecular flexibility index (Phi) is 3.72. The summed E-state index contributed by atoms with van der Waals surface area (Å²) in [5.74, 6) is 0.0969. The summed E-state index contributed by atoms with van der Waals surface area (Å²) in [5, 5.41) is 8.95. The van der Waals surface area contributed by atoms with Crippen molar-refractivity contribution in [2.75, 3.05) is 13.1 Å². The Labute approximate surface area is 79.7 Å². The van der Waals surface area contributed by atoms with Gasteiger partial charge in [0.25, 0.3) is 0 Å². The molecule has 1 atom stereocenters. The van der Waals surface area contributed by atoms with Gasteiger partial charge < -0.3 is 5.11 Å². The average Bonchev–Trinajstić information content (AvgIpc) is 2.09. The number of likely N-dealkylation sites (tertiary alicyclic amines) is 1. The van der Waals surface area contributed by atoms with Gasteiger partial charge >= 0.3 is 5.97 Å². The molecule has 1 heterocycles. The Morgan fingerprint density at radius 3 is 2.46 bits per heavy atom. The third-order valence-electron chi connectivity index (χ3n) is 2.93. The van der Waals surface area contributed by atoms with Crippen molar-refractivity contribution in [3.05, 3.63) is 0 Å². The van der Waals surface area contributed by atoms with E-state index in [1.165, 1.54) is 0 Å². The van der Waals surface area contributed by atoms with E-state index in [4.69, 9.17) is 5.11 Å². The molecule has 0 aromatic carbocycles. The summed E-state index contributed by atoms with van der Waals surface area (Å²) >= 11 is 0. The molecule has 0 aromatic heterocycles. The van der Waals surface area contributed by atoms with E-state index in [9.17, 15) is 4.79 Å². The zero-order valence-corrected chi connectivity index (χ0v) is 8.49. The average molecular weight is 185 g/mol. The largest absolute Gasteiger partial charge is 0.480 e. The van der Waals surface area contributed by atoms with E-state index in [1.807, 2.05) is 6.92 Å². The summed E-state index contributed by atoms with van der Waals surface area (Å²) < 4.78 is 0. The van der Waals surface area contributed by atoms with Crippen molar-refractivity contribution in [2.24, 2.45) is 5.92 Å². The summed E-state index contributed by atoms with van der Waals surface area (Å²) in [4.78, 5) is 13.0. The van der Waals surface area contributed by atoms with Crippen LogP contribution in [0.2, 0.25) is 0 Å². The number of hydrogen-bond acceptors (Lipinski definition) is 2. The van der Waals surface area contributed by atoms with Crippen LogP contribution in [0.1, 0.15) is 33.1 Å². The molecule has 1 N–H and O–H groups in total. The molecule has 1 unspecified atom stereocenters. The van der Waals surface area contributed by atoms with Gasteiger partial charge in [0.15, 0.2) is 0 Å². The minimum Gasteiger partial charge on any atom is -0.480 e. The standard InChI is InChI=1S/C10H19NO2/c1-3-9(10(12)13)11-6-4-8(2)5-7-11/h8-9H,3-7H2,1-2H3,(H,12,13). The number of rotatable bonds is 3. The van der Waals surface area contributed by atoms with Crippen LogP contribution in [0.4, 0.5) is 0 Å². The van der Waals surface area contributed by atoms with Crippen LogP contribution < -0.4 is 0 Å². The molecule has 1 rings (SSSR count). The number of carboxylic acids is 1. The lowest BCUT2D eigenvalue weighted by Gasteiger charge is -2.34. The predicted molar refractivity (Wildman–Crippen MR) is 51.7 cm³/mol. The Morgan fingerprint density at radius 1 is 1.54 bits per heavy atom. The van der Waals surface area contributed by atoms with Gasteiger partial charge in [-0.05, 0) is 38.3 Å². The highest BCUT2D eigenvalue weighted by molar-refractivity contribution is 5.73. The summed E-state index contributed by atoms with van der Waals surface area (Å²) in [6.45, 7) is 6.08. The third-order valence-corrected chi connectivity index (χ3v) is 2.93. The van der Waals surface area contributed by atoms with Gasteiger partial charge in [0.1, 0.15) is 6.04 Å². The molecule has 0 bridgehead atoms. The fraction of sp³-hybridized carbons (Fsp3) is 0.900. The lowest BCUT2D eigenvalue weighted by Crippen LogP contribution is -2.44. The Bertz CT molecular complexity index is 174. The quantitative estimate of drug-likeness (QED) is 0.725. The predicted octanol–water partition coefficient (Wildman–Crippen LogP) is 1.58. The molecule has 0 aliphatic carbocycles. The number of piperidine rings is 1. The molecule has 1 aliphatic heterocycles. The first kappa shape index (κ1) is 10.5. The van der Waals surface area contributed by atoms with E-state index in [2.05, 4.69) is 11.8 Å². The molecule has 1 fully saturated rings. The fourth-order valence-corrected chi connectivity index (χ4v) is 1.93. The highest BCUT2D eigenvalue weighted by atomic mass is 16.4. The molecule has 0 spiro atoms. The van der Waals surface area contributed by atoms with Crippen LogP contribution in [0.15, 0.2) is 0 Å². The monoisotopic (exact) mass is 185 g/mol. The highest BCUT2D eigenvalue weighted by Gasteiger charge is 2.26. The Morgan fingerprint density at radius 2 is 2.08 bits per heavy atom. The second-order valence-corrected chi connectivity index (χ2v) is 3.98. The van der Waals surface area contributed by atoms with E-state index < -0.39 is 5.97 Å². The zero-order valence-electron chi connectivity index (χ0n) is 8.49. The molecule has 0 radical (unpaired) electrons. The summed E-state index contributed by atoms with van der Waals surface area (Å²) in [6.07, 6.45) is 3.00. The smallest absolute Gasteiger partial charge is 0.320 e. The van der Waals surface area contributed by atoms with E-state index in [1.54, 1.807) is 0 Å². The SMILES string of the molecule is CCC(C(=O)O)N1CCC(C)CC1. The minimum absolute atomic E-state index is 0.257. The normalized spacial score (nSPS) is 22.9. The van der Waals surface area contributed by atoms with Crippen LogP contribution in [0.3, 0.4) is 0 Å². The van der Waals surface area contributed by atoms with Crippen LogP contribution in [0.5, 0.6) is 0 Å². The molecule has 1 saturated heterocycles. The Hall–Kier alpha value is -0.570. The summed E-state index contributed by atoms with van der Waals surface area (Å²) in [7, 11) is 0. The van der Waals surface area contributed by atoms with Crippen molar-refractivity contribution in [1.29, 1.82) is 0 Å². The van der Waals surface area contributed by atoms with Crippen molar-refractivity contribution < 1.29 is 9.90 Å². The third kappa shape index (κ3) is 2.69. The minimum atomic E-state index is -0.669. The van der Waals surface area contributed by atoms with Gasteiger partial charge in [0, 0.05) is 0 Å². The number of aliphatic carboxylic acids is 1. The van der Waals surface area contributed by atoms with Gasteiger partial charge in [-0.3, -0.25) is 9.69 Å². The lowest BCUT2D eigenvalue weighted by molar-refractivity contribution is -0.144. The van der Waals surface area contributed by atoms with E-state index >= 15 is 0 Å². The van der Waals surface area contributed by atoms with Crippen LogP contribution in [-0.4, -0.2) is 35.1 Å². The van der Waals surface area contributed by atoms with Crippen LogP contribution in [0.25, 0.3) is 0 Å². The van der Waals surface area contributed by atoms with Crippen LogP contribution in [-0.2, 0) is 4.79 Å². The fourth-order valence-electron chi connectivity index (χ4n) is 1.93. The molecule has 13 heavy (non-hydrogen) atoms. The molecule has 3 heteroatoms. The molecule has 0 amide bonds. The van der Waals surface area contributed by atoms with Gasteiger partial charge in [-0.15, -0.1) is 0 Å². The number of hydrogen-bond donors (Lipinski definition) is 1. The van der Waals surface area contributed by atoms with Gasteiger partial charge in [0.05, 0.1) is 0 Å². The molecular weight excluding hydrogens is 166 g/mol. The molecule has 1 aliphatic rings. The molecule has 76 valence electrons. The summed E-state index contributed by atoms with van der Waals surface area (Å²) in [5.41, 5.74) is 0. The second-order valence-electron chi connectivity index (χ2n) is 3.98. The zero-order chi connectivity index (χ0) is 9.84. The van der Waals surface area contributed by atoms with E-state index in [0.29, 0.717) is 6.42 Å². The number of nitrogens with zero attached hydrogens (tertiary/aromatic N) is 1. The maximum Gasteiger partial charge on any atom is 0.320 e. The molecular formula is C10H19NO2. The van der Waals surface area contributed by atoms with E-state index in [-0.39, 0.29) is 6.04 Å². The molecule has 0 saturated carbocycles. The topological polar surface area (TPSA) is 40.5 Å². The van der Waals surface area contributed by atoms with E-state index in [0.717, 1.165) is 31.8 Å². The maximum atomic E-state index is 10.9. The maximum absolute atomic E-state index is 10.9. The molecule has 3 nitrogen and oxygen atoms in total. The van der Waals surface area contributed by atoms with Gasteiger partial charge in [-0.1, -0.05) is 13.8 Å². The first-order valence-electron chi connectivity index (χ1n) is 5.12. The van der Waals surface area contributed by atoms with Crippen molar-refractivity contribution in [3.63, 3.8) is 0 Å². The van der Waals surface area contributed by atoms with Crippen LogP contribution >= 0.6 is 0 Å². The van der Waals surface area contributed by atoms with Gasteiger partial charge in [-0.25, -0.2) is 0 Å². The second kappa shape index (κ2) is 4.61. The van der Waals surface area contributed by atoms with Crippen molar-refractivity contribution in [2.45, 2.75) is 39.2 Å². The van der Waals surface area contributed by atoms with Gasteiger partial charge in [-0.2, -0.15) is 0 Å². The Balaban J connectivity index is 2.46. The van der Waals surface area contributed by atoms with Crippen molar-refractivity contribution in [3.8, 4) is 0 Å². The first-order valence-corrected chi connectivity index (χ1v) is 5.12. The van der Waals surface area contributed by atoms with Gasteiger partial charge in [0.2, 0.25) is 0 Å². The summed E-state index contributed by atoms with van der Waals surface area (Å²) in [6, 6.07) is -0.257. The first-order chi connectivity index (χ1) is 6.15. The molecule has 0 aromatic rings. The number of carboxylic acid groups (broad SMARTS) is 1. The van der Waals surface area contributed by atoms with Crippen LogP contribution in [0, 0.1) is 5.92 Å². The van der Waals surface area contributed by atoms with Crippen molar-refractivity contribution >= 4 is 5.97 Å². The highest BCUT2D eigenvalue weighted by Crippen LogP contribution is 2.19. The number of carbonyl (C=O) groups is 1.